The predicted molar refractivity (Wildman–Crippen MR) is 126 cm³/mol. The Morgan fingerprint density at radius 2 is 1.75 bits per heavy atom. The molecule has 1 aliphatic rings. The summed E-state index contributed by atoms with van der Waals surface area (Å²) < 4.78 is 7.86. The summed E-state index contributed by atoms with van der Waals surface area (Å²) in [6.07, 6.45) is 6.05. The molecule has 0 radical (unpaired) electrons. The standard InChI is InChI=1S/C26H28N4O2/c27-13-6-14-30-21-22(24-9-4-5-10-25(24)30)11-12-26(31)29-17-15-28(16-18-29)19-20-32-23-7-2-1-3-8-23/h1-5,7-12,21H,6,14-20H2/b12-11+. The average Bonchev–Trinajstić information content (AvgIpc) is 3.20. The molecule has 1 aromatic heterocycles. The van der Waals surface area contributed by atoms with Gasteiger partial charge in [-0.15, -0.1) is 0 Å². The third-order valence-corrected chi connectivity index (χ3v) is 5.79. The molecule has 6 heteroatoms. The molecule has 0 atom stereocenters. The zero-order chi connectivity index (χ0) is 22.2. The Morgan fingerprint density at radius 3 is 2.53 bits per heavy atom. The van der Waals surface area contributed by atoms with Gasteiger partial charge in [-0.3, -0.25) is 9.69 Å². The lowest BCUT2D eigenvalue weighted by molar-refractivity contribution is -0.127. The molecule has 164 valence electrons. The molecule has 0 unspecified atom stereocenters. The van der Waals surface area contributed by atoms with Gasteiger partial charge in [0.05, 0.1) is 12.5 Å². The predicted octanol–water partition coefficient (Wildman–Crippen LogP) is 3.79. The number of amides is 1. The monoisotopic (exact) mass is 428 g/mol. The number of fused-ring (bicyclic) bond motifs is 1. The normalized spacial score (nSPS) is 14.7. The zero-order valence-corrected chi connectivity index (χ0v) is 18.2. The van der Waals surface area contributed by atoms with Crippen LogP contribution in [0.2, 0.25) is 0 Å². The van der Waals surface area contributed by atoms with Crippen LogP contribution in [-0.2, 0) is 11.3 Å². The minimum absolute atomic E-state index is 0.0408. The molecule has 3 aromatic rings. The molecule has 0 spiro atoms. The summed E-state index contributed by atoms with van der Waals surface area (Å²) in [5.41, 5.74) is 2.09. The number of para-hydroxylation sites is 2. The van der Waals surface area contributed by atoms with E-state index >= 15 is 0 Å². The highest BCUT2D eigenvalue weighted by atomic mass is 16.5. The third-order valence-electron chi connectivity index (χ3n) is 5.79. The van der Waals surface area contributed by atoms with Crippen molar-refractivity contribution in [3.8, 4) is 11.8 Å². The first-order valence-electron chi connectivity index (χ1n) is 11.1. The number of ether oxygens (including phenoxy) is 1. The number of rotatable bonds is 8. The van der Waals surface area contributed by atoms with Crippen molar-refractivity contribution in [3.63, 3.8) is 0 Å². The van der Waals surface area contributed by atoms with Crippen LogP contribution in [0.15, 0.2) is 66.9 Å². The summed E-state index contributed by atoms with van der Waals surface area (Å²) in [5, 5.41) is 10.0. The van der Waals surface area contributed by atoms with Crippen molar-refractivity contribution in [1.82, 2.24) is 14.4 Å². The van der Waals surface area contributed by atoms with E-state index in [1.807, 2.05) is 65.7 Å². The third kappa shape index (κ3) is 5.37. The van der Waals surface area contributed by atoms with E-state index in [1.54, 1.807) is 6.08 Å². The van der Waals surface area contributed by atoms with Crippen LogP contribution >= 0.6 is 0 Å². The maximum atomic E-state index is 12.7. The quantitative estimate of drug-likeness (QED) is 0.512. The minimum Gasteiger partial charge on any atom is -0.492 e. The molecular weight excluding hydrogens is 400 g/mol. The molecule has 0 saturated carbocycles. The summed E-state index contributed by atoms with van der Waals surface area (Å²) in [4.78, 5) is 17.0. The second-order valence-corrected chi connectivity index (χ2v) is 7.86. The Balaban J connectivity index is 1.29. The van der Waals surface area contributed by atoms with E-state index in [2.05, 4.69) is 21.6 Å². The minimum atomic E-state index is 0.0408. The van der Waals surface area contributed by atoms with E-state index in [0.717, 1.165) is 54.9 Å². The topological polar surface area (TPSA) is 61.5 Å². The molecule has 32 heavy (non-hydrogen) atoms. The fourth-order valence-electron chi connectivity index (χ4n) is 4.03. The van der Waals surface area contributed by atoms with Crippen molar-refractivity contribution in [2.45, 2.75) is 13.0 Å². The van der Waals surface area contributed by atoms with Crippen molar-refractivity contribution in [2.75, 3.05) is 39.3 Å². The summed E-state index contributed by atoms with van der Waals surface area (Å²) in [6.45, 7) is 5.30. The van der Waals surface area contributed by atoms with Crippen LogP contribution in [0.3, 0.4) is 0 Å². The first-order chi connectivity index (χ1) is 15.7. The smallest absolute Gasteiger partial charge is 0.246 e. The Kier molecular flexibility index (Phi) is 7.21. The second kappa shape index (κ2) is 10.7. The van der Waals surface area contributed by atoms with Gasteiger partial charge in [-0.2, -0.15) is 5.26 Å². The lowest BCUT2D eigenvalue weighted by atomic mass is 10.1. The van der Waals surface area contributed by atoms with Gasteiger partial charge in [-0.25, -0.2) is 0 Å². The number of piperazine rings is 1. The van der Waals surface area contributed by atoms with Gasteiger partial charge in [0, 0.05) is 68.0 Å². The van der Waals surface area contributed by atoms with Crippen LogP contribution in [0.1, 0.15) is 12.0 Å². The number of hydrogen-bond acceptors (Lipinski definition) is 4. The molecule has 1 saturated heterocycles. The number of aryl methyl sites for hydroxylation is 1. The molecule has 2 aromatic carbocycles. The SMILES string of the molecule is N#CCCn1cc(/C=C/C(=O)N2CCN(CCOc3ccccc3)CC2)c2ccccc21. The Hall–Kier alpha value is -3.56. The van der Waals surface area contributed by atoms with Gasteiger partial charge < -0.3 is 14.2 Å². The summed E-state index contributed by atoms with van der Waals surface area (Å²) in [5.74, 6) is 0.930. The fraction of sp³-hybridized carbons (Fsp3) is 0.308. The van der Waals surface area contributed by atoms with Crippen LogP contribution in [0.25, 0.3) is 17.0 Å². The number of nitrogens with zero attached hydrogens (tertiary/aromatic N) is 4. The van der Waals surface area contributed by atoms with Crippen LogP contribution in [0.4, 0.5) is 0 Å². The van der Waals surface area contributed by atoms with E-state index in [0.29, 0.717) is 19.6 Å². The molecule has 1 fully saturated rings. The van der Waals surface area contributed by atoms with Gasteiger partial charge in [0.25, 0.3) is 0 Å². The van der Waals surface area contributed by atoms with Crippen molar-refractivity contribution in [1.29, 1.82) is 5.26 Å². The maximum absolute atomic E-state index is 12.7. The molecule has 0 N–H and O–H groups in total. The molecule has 0 bridgehead atoms. The van der Waals surface area contributed by atoms with E-state index in [-0.39, 0.29) is 5.91 Å². The average molecular weight is 429 g/mol. The molecule has 0 aliphatic carbocycles. The van der Waals surface area contributed by atoms with Crippen LogP contribution < -0.4 is 4.74 Å². The lowest BCUT2D eigenvalue weighted by Gasteiger charge is -2.34. The summed E-state index contributed by atoms with van der Waals surface area (Å²) >= 11 is 0. The zero-order valence-electron chi connectivity index (χ0n) is 18.2. The molecule has 4 rings (SSSR count). The lowest BCUT2D eigenvalue weighted by Crippen LogP contribution is -2.49. The van der Waals surface area contributed by atoms with Crippen molar-refractivity contribution in [2.24, 2.45) is 0 Å². The Morgan fingerprint density at radius 1 is 1.00 bits per heavy atom. The second-order valence-electron chi connectivity index (χ2n) is 7.86. The van der Waals surface area contributed by atoms with Crippen LogP contribution in [-0.4, -0.2) is 59.6 Å². The molecular formula is C26H28N4O2. The number of carbonyl (C=O) groups is 1. The van der Waals surface area contributed by atoms with Gasteiger partial charge in [0.15, 0.2) is 0 Å². The number of hydrogen-bond donors (Lipinski definition) is 0. The number of nitriles is 1. The van der Waals surface area contributed by atoms with Gasteiger partial charge >= 0.3 is 0 Å². The van der Waals surface area contributed by atoms with Crippen molar-refractivity contribution < 1.29 is 9.53 Å². The van der Waals surface area contributed by atoms with Gasteiger partial charge in [0.2, 0.25) is 5.91 Å². The largest absolute Gasteiger partial charge is 0.492 e. The van der Waals surface area contributed by atoms with E-state index in [9.17, 15) is 4.79 Å². The van der Waals surface area contributed by atoms with E-state index in [4.69, 9.17) is 10.00 Å². The Bertz CT molecular complexity index is 1110. The van der Waals surface area contributed by atoms with Gasteiger partial charge in [0.1, 0.15) is 12.4 Å². The van der Waals surface area contributed by atoms with Gasteiger partial charge in [-0.05, 0) is 24.3 Å². The first kappa shape index (κ1) is 21.7. The first-order valence-corrected chi connectivity index (χ1v) is 11.1. The molecule has 1 amide bonds. The number of carbonyl (C=O) groups excluding carboxylic acids is 1. The maximum Gasteiger partial charge on any atom is 0.246 e. The van der Waals surface area contributed by atoms with Crippen molar-refractivity contribution >= 4 is 22.9 Å². The van der Waals surface area contributed by atoms with E-state index < -0.39 is 0 Å². The van der Waals surface area contributed by atoms with Gasteiger partial charge in [-0.1, -0.05) is 36.4 Å². The summed E-state index contributed by atoms with van der Waals surface area (Å²) in [6, 6.07) is 20.1. The highest BCUT2D eigenvalue weighted by molar-refractivity contribution is 5.96. The highest BCUT2D eigenvalue weighted by Crippen LogP contribution is 2.23. The van der Waals surface area contributed by atoms with E-state index in [1.165, 1.54) is 0 Å². The molecule has 6 nitrogen and oxygen atoms in total. The van der Waals surface area contributed by atoms with Crippen molar-refractivity contribution in [3.05, 3.63) is 72.4 Å². The van der Waals surface area contributed by atoms with Crippen LogP contribution in [0, 0.1) is 11.3 Å². The fourth-order valence-corrected chi connectivity index (χ4v) is 4.03. The highest BCUT2D eigenvalue weighted by Gasteiger charge is 2.19. The van der Waals surface area contributed by atoms with Crippen LogP contribution in [0.5, 0.6) is 5.75 Å². The Labute approximate surface area is 188 Å². The summed E-state index contributed by atoms with van der Waals surface area (Å²) in [7, 11) is 0. The molecule has 1 aliphatic heterocycles. The molecule has 2 heterocycles. The number of benzene rings is 2. The number of aromatic nitrogens is 1.